The number of rotatable bonds is 9. The lowest BCUT2D eigenvalue weighted by Gasteiger charge is -2.15. The minimum Gasteiger partial charge on any atom is -0.465 e. The number of anilines is 3. The number of hydrogen-bond donors (Lipinski definition) is 2. The van der Waals surface area contributed by atoms with Gasteiger partial charge in [-0.25, -0.2) is 14.2 Å². The number of esters is 1. The van der Waals surface area contributed by atoms with Gasteiger partial charge in [0.2, 0.25) is 17.7 Å². The van der Waals surface area contributed by atoms with Gasteiger partial charge in [0, 0.05) is 23.5 Å². The minimum absolute atomic E-state index is 0.207. The molecule has 4 aromatic rings. The van der Waals surface area contributed by atoms with E-state index in [1.54, 1.807) is 54.6 Å². The fourth-order valence-electron chi connectivity index (χ4n) is 4.00. The van der Waals surface area contributed by atoms with E-state index in [9.17, 15) is 18.8 Å². The van der Waals surface area contributed by atoms with Gasteiger partial charge in [0.05, 0.1) is 18.4 Å². The molecular formula is C29H23FN4O5. The first kappa shape index (κ1) is 25.5. The molecule has 0 unspecified atom stereocenters. The molecule has 1 amide bonds. The van der Waals surface area contributed by atoms with E-state index in [1.807, 2.05) is 0 Å². The molecule has 0 atom stereocenters. The molecule has 3 aromatic carbocycles. The lowest BCUT2D eigenvalue weighted by Crippen LogP contribution is -2.31. The normalized spacial score (nSPS) is 13.2. The molecule has 1 aliphatic rings. The van der Waals surface area contributed by atoms with Crippen molar-refractivity contribution < 1.29 is 28.2 Å². The van der Waals surface area contributed by atoms with E-state index in [-0.39, 0.29) is 17.6 Å². The van der Waals surface area contributed by atoms with Crippen LogP contribution in [-0.4, -0.2) is 34.7 Å². The summed E-state index contributed by atoms with van der Waals surface area (Å²) in [4.78, 5) is 46.5. The number of halogens is 1. The van der Waals surface area contributed by atoms with Crippen molar-refractivity contribution in [3.05, 3.63) is 102 Å². The Morgan fingerprint density at radius 1 is 0.923 bits per heavy atom. The second kappa shape index (κ2) is 10.7. The first-order chi connectivity index (χ1) is 18.9. The van der Waals surface area contributed by atoms with E-state index in [1.165, 1.54) is 37.6 Å². The molecule has 1 saturated carbocycles. The number of benzene rings is 3. The van der Waals surface area contributed by atoms with Crippen molar-refractivity contribution >= 4 is 35.0 Å². The molecule has 0 bridgehead atoms. The van der Waals surface area contributed by atoms with E-state index in [2.05, 4.69) is 20.6 Å². The summed E-state index contributed by atoms with van der Waals surface area (Å²) in [5.41, 5.74) is 0.469. The van der Waals surface area contributed by atoms with Gasteiger partial charge < -0.3 is 20.1 Å². The average Bonchev–Trinajstić information content (AvgIpc) is 3.77. The molecule has 0 aliphatic heterocycles. The van der Waals surface area contributed by atoms with Crippen LogP contribution in [0.25, 0.3) is 0 Å². The molecule has 2 N–H and O–H groups in total. The Hall–Kier alpha value is -5.12. The molecule has 0 spiro atoms. The number of nitrogens with zero attached hydrogens (tertiary/aromatic N) is 2. The lowest BCUT2D eigenvalue weighted by molar-refractivity contribution is -0.119. The fourth-order valence-corrected chi connectivity index (χ4v) is 4.00. The number of amides is 1. The van der Waals surface area contributed by atoms with Gasteiger partial charge in [-0.1, -0.05) is 12.1 Å². The van der Waals surface area contributed by atoms with Gasteiger partial charge in [-0.2, -0.15) is 4.98 Å². The third-order valence-electron chi connectivity index (χ3n) is 6.27. The van der Waals surface area contributed by atoms with Crippen molar-refractivity contribution in [1.82, 2.24) is 9.97 Å². The molecular weight excluding hydrogens is 503 g/mol. The third-order valence-corrected chi connectivity index (χ3v) is 6.27. The molecule has 5 rings (SSSR count). The SMILES string of the molecule is COC(=O)c1ccccc1Nc1nccc(Oc2ccc(C(=O)C3(C(=O)Nc4ccc(F)cc4)CC3)cc2)n1. The first-order valence-electron chi connectivity index (χ1n) is 12.1. The van der Waals surface area contributed by atoms with E-state index >= 15 is 0 Å². The number of carbonyl (C=O) groups is 3. The number of ketones is 1. The number of methoxy groups -OCH3 is 1. The van der Waals surface area contributed by atoms with Crippen LogP contribution in [0.2, 0.25) is 0 Å². The summed E-state index contributed by atoms with van der Waals surface area (Å²) in [6.07, 6.45) is 2.37. The van der Waals surface area contributed by atoms with Gasteiger partial charge in [-0.05, 0) is 73.5 Å². The fraction of sp³-hybridized carbons (Fsp3) is 0.138. The number of nitrogens with one attached hydrogen (secondary N) is 2. The summed E-state index contributed by atoms with van der Waals surface area (Å²) < 4.78 is 23.8. The van der Waals surface area contributed by atoms with E-state index in [0.29, 0.717) is 41.1 Å². The minimum atomic E-state index is -1.13. The molecule has 0 radical (unpaired) electrons. The number of carbonyl (C=O) groups excluding carboxylic acids is 3. The first-order valence-corrected chi connectivity index (χ1v) is 12.1. The standard InChI is InChI=1S/C29H23FN4O5/c1-38-26(36)22-4-2-3-5-23(22)33-28-31-17-14-24(34-28)39-21-12-6-18(7-13-21)25(35)29(15-16-29)27(37)32-20-10-8-19(30)9-11-20/h2-14,17H,15-16H2,1H3,(H,32,37)(H,31,33,34). The van der Waals surface area contributed by atoms with E-state index in [0.717, 1.165) is 0 Å². The van der Waals surface area contributed by atoms with Crippen molar-refractivity contribution in [3.63, 3.8) is 0 Å². The highest BCUT2D eigenvalue weighted by atomic mass is 19.1. The summed E-state index contributed by atoms with van der Waals surface area (Å²) in [5.74, 6) is -0.739. The van der Waals surface area contributed by atoms with Crippen LogP contribution in [0.1, 0.15) is 33.6 Å². The summed E-state index contributed by atoms with van der Waals surface area (Å²) >= 11 is 0. The second-order valence-corrected chi connectivity index (χ2v) is 8.88. The third kappa shape index (κ3) is 5.59. The van der Waals surface area contributed by atoms with Crippen LogP contribution in [0, 0.1) is 11.2 Å². The molecule has 1 aromatic heterocycles. The molecule has 196 valence electrons. The Labute approximate surface area is 223 Å². The molecule has 1 fully saturated rings. The Morgan fingerprint density at radius 2 is 1.64 bits per heavy atom. The van der Waals surface area contributed by atoms with Crippen molar-refractivity contribution in [3.8, 4) is 11.6 Å². The molecule has 1 aliphatic carbocycles. The van der Waals surface area contributed by atoms with Gasteiger partial charge in [0.25, 0.3) is 0 Å². The predicted octanol–water partition coefficient (Wildman–Crippen LogP) is 5.54. The Balaban J connectivity index is 1.25. The maximum absolute atomic E-state index is 13.2. The predicted molar refractivity (Wildman–Crippen MR) is 141 cm³/mol. The average molecular weight is 527 g/mol. The van der Waals surface area contributed by atoms with Crippen LogP contribution in [0.4, 0.5) is 21.7 Å². The number of aromatic nitrogens is 2. The van der Waals surface area contributed by atoms with Gasteiger partial charge in [-0.3, -0.25) is 9.59 Å². The van der Waals surface area contributed by atoms with E-state index in [4.69, 9.17) is 9.47 Å². The van der Waals surface area contributed by atoms with Gasteiger partial charge in [0.1, 0.15) is 17.0 Å². The highest BCUT2D eigenvalue weighted by Crippen LogP contribution is 2.49. The largest absolute Gasteiger partial charge is 0.465 e. The monoisotopic (exact) mass is 526 g/mol. The van der Waals surface area contributed by atoms with Crippen molar-refractivity contribution in [2.75, 3.05) is 17.7 Å². The molecule has 0 saturated heterocycles. The summed E-state index contributed by atoms with van der Waals surface area (Å²) in [5, 5.41) is 5.69. The lowest BCUT2D eigenvalue weighted by atomic mass is 9.93. The zero-order valence-electron chi connectivity index (χ0n) is 20.8. The van der Waals surface area contributed by atoms with E-state index < -0.39 is 23.1 Å². The zero-order chi connectivity index (χ0) is 27.4. The van der Waals surface area contributed by atoms with Gasteiger partial charge >= 0.3 is 5.97 Å². The summed E-state index contributed by atoms with van der Waals surface area (Å²) in [6, 6.07) is 20.2. The molecule has 1 heterocycles. The van der Waals surface area contributed by atoms with Crippen molar-refractivity contribution in [1.29, 1.82) is 0 Å². The second-order valence-electron chi connectivity index (χ2n) is 8.88. The number of Topliss-reactive ketones (excluding diaryl/α,β-unsaturated/α-hetero) is 1. The van der Waals surface area contributed by atoms with Crippen molar-refractivity contribution in [2.24, 2.45) is 5.41 Å². The number of para-hydroxylation sites is 1. The molecule has 10 heteroatoms. The topological polar surface area (TPSA) is 120 Å². The van der Waals surface area contributed by atoms with Crippen LogP contribution in [-0.2, 0) is 9.53 Å². The molecule has 39 heavy (non-hydrogen) atoms. The van der Waals surface area contributed by atoms with Crippen LogP contribution >= 0.6 is 0 Å². The van der Waals surface area contributed by atoms with Crippen LogP contribution in [0.3, 0.4) is 0 Å². The maximum Gasteiger partial charge on any atom is 0.339 e. The van der Waals surface area contributed by atoms with Gasteiger partial charge in [0.15, 0.2) is 5.78 Å². The zero-order valence-corrected chi connectivity index (χ0v) is 20.8. The highest BCUT2D eigenvalue weighted by molar-refractivity contribution is 6.19. The van der Waals surface area contributed by atoms with Crippen LogP contribution in [0.5, 0.6) is 11.6 Å². The summed E-state index contributed by atoms with van der Waals surface area (Å²) in [6.45, 7) is 0. The Bertz CT molecular complexity index is 1540. The summed E-state index contributed by atoms with van der Waals surface area (Å²) in [7, 11) is 1.30. The van der Waals surface area contributed by atoms with Crippen LogP contribution in [0.15, 0.2) is 85.1 Å². The van der Waals surface area contributed by atoms with Crippen molar-refractivity contribution in [2.45, 2.75) is 12.8 Å². The molecule has 9 nitrogen and oxygen atoms in total. The Kier molecular flexibility index (Phi) is 7.00. The van der Waals surface area contributed by atoms with Gasteiger partial charge in [-0.15, -0.1) is 0 Å². The highest BCUT2D eigenvalue weighted by Gasteiger charge is 2.56. The number of ether oxygens (including phenoxy) is 2. The number of hydrogen-bond acceptors (Lipinski definition) is 8. The Morgan fingerprint density at radius 3 is 2.33 bits per heavy atom. The maximum atomic E-state index is 13.2. The van der Waals surface area contributed by atoms with Crippen LogP contribution < -0.4 is 15.4 Å². The quantitative estimate of drug-likeness (QED) is 0.166. The smallest absolute Gasteiger partial charge is 0.339 e.